The average Bonchev–Trinajstić information content (AvgIpc) is 2.32. The van der Waals surface area contributed by atoms with Gasteiger partial charge in [0.05, 0.1) is 6.26 Å². The van der Waals surface area contributed by atoms with Crippen molar-refractivity contribution in [2.45, 2.75) is 39.2 Å². The van der Waals surface area contributed by atoms with Gasteiger partial charge in [0.15, 0.2) is 0 Å². The first-order valence-electron chi connectivity index (χ1n) is 7.35. The van der Waals surface area contributed by atoms with E-state index >= 15 is 0 Å². The Morgan fingerprint density at radius 1 is 1.14 bits per heavy atom. The van der Waals surface area contributed by atoms with E-state index < -0.39 is 15.6 Å². The smallest absolute Gasteiger partial charge is 0.209 e. The van der Waals surface area contributed by atoms with Crippen molar-refractivity contribution in [2.24, 2.45) is 5.92 Å². The Morgan fingerprint density at radius 2 is 1.71 bits per heavy atom. The molecule has 0 aliphatic carbocycles. The van der Waals surface area contributed by atoms with E-state index in [1.165, 1.54) is 11.8 Å². The predicted octanol–water partition coefficient (Wildman–Crippen LogP) is 2.34. The van der Waals surface area contributed by atoms with Crippen LogP contribution in [0.5, 0.6) is 0 Å². The molecular weight excluding hydrogens is 284 g/mol. The van der Waals surface area contributed by atoms with Crippen LogP contribution in [0.4, 0.5) is 0 Å². The molecule has 0 saturated carbocycles. The summed E-state index contributed by atoms with van der Waals surface area (Å²) in [5.74, 6) is 0.936. The van der Waals surface area contributed by atoms with Crippen molar-refractivity contribution in [3.63, 3.8) is 0 Å². The van der Waals surface area contributed by atoms with Gasteiger partial charge in [0.2, 0.25) is 10.0 Å². The molecule has 1 aromatic carbocycles. The van der Waals surface area contributed by atoms with Gasteiger partial charge >= 0.3 is 0 Å². The standard InChI is InChI=1S/C16H28N2O2S/c1-13(2)15(14-9-7-6-8-10-14)11-17-12-16(3,4)18-21(5,19)20/h6-10,13,15,17-18H,11-12H2,1-5H3. The van der Waals surface area contributed by atoms with Crippen LogP contribution in [0.25, 0.3) is 0 Å². The molecule has 1 rings (SSSR count). The topological polar surface area (TPSA) is 58.2 Å². The van der Waals surface area contributed by atoms with Gasteiger partial charge in [-0.1, -0.05) is 44.2 Å². The first-order chi connectivity index (χ1) is 9.61. The molecule has 0 heterocycles. The van der Waals surface area contributed by atoms with Gasteiger partial charge in [-0.25, -0.2) is 13.1 Å². The van der Waals surface area contributed by atoms with E-state index in [2.05, 4.69) is 48.2 Å². The largest absolute Gasteiger partial charge is 0.314 e. The molecule has 0 spiro atoms. The van der Waals surface area contributed by atoms with Crippen molar-refractivity contribution >= 4 is 10.0 Å². The molecule has 4 nitrogen and oxygen atoms in total. The highest BCUT2D eigenvalue weighted by Crippen LogP contribution is 2.23. The average molecular weight is 312 g/mol. The highest BCUT2D eigenvalue weighted by Gasteiger charge is 2.23. The molecule has 0 saturated heterocycles. The summed E-state index contributed by atoms with van der Waals surface area (Å²) >= 11 is 0. The second-order valence-corrected chi connectivity index (χ2v) is 8.40. The van der Waals surface area contributed by atoms with Crippen LogP contribution in [0, 0.1) is 5.92 Å². The number of hydrogen-bond acceptors (Lipinski definition) is 3. The lowest BCUT2D eigenvalue weighted by molar-refractivity contribution is 0.391. The first-order valence-corrected chi connectivity index (χ1v) is 9.24. The molecule has 5 heteroatoms. The van der Waals surface area contributed by atoms with Gasteiger partial charge in [0.25, 0.3) is 0 Å². The fraction of sp³-hybridized carbons (Fsp3) is 0.625. The lowest BCUT2D eigenvalue weighted by Crippen LogP contribution is -2.50. The first kappa shape index (κ1) is 18.1. The van der Waals surface area contributed by atoms with Gasteiger partial charge in [0.1, 0.15) is 0 Å². The van der Waals surface area contributed by atoms with Crippen LogP contribution in [-0.4, -0.2) is 33.3 Å². The van der Waals surface area contributed by atoms with Gasteiger partial charge in [0, 0.05) is 18.6 Å². The Labute approximate surface area is 129 Å². The number of benzene rings is 1. The number of rotatable bonds is 8. The molecule has 1 atom stereocenters. The molecule has 0 fully saturated rings. The molecule has 21 heavy (non-hydrogen) atoms. The maximum Gasteiger partial charge on any atom is 0.209 e. The highest BCUT2D eigenvalue weighted by atomic mass is 32.2. The van der Waals surface area contributed by atoms with Gasteiger partial charge in [-0.05, 0) is 31.2 Å². The molecule has 0 bridgehead atoms. The van der Waals surface area contributed by atoms with E-state index in [0.29, 0.717) is 18.4 Å². The molecule has 0 aromatic heterocycles. The molecule has 1 aromatic rings. The summed E-state index contributed by atoms with van der Waals surface area (Å²) in [6.07, 6.45) is 1.19. The van der Waals surface area contributed by atoms with E-state index in [4.69, 9.17) is 0 Å². The van der Waals surface area contributed by atoms with Crippen LogP contribution in [0.15, 0.2) is 30.3 Å². The summed E-state index contributed by atoms with van der Waals surface area (Å²) in [5, 5.41) is 3.40. The van der Waals surface area contributed by atoms with Crippen molar-refractivity contribution in [3.8, 4) is 0 Å². The minimum Gasteiger partial charge on any atom is -0.314 e. The quantitative estimate of drug-likeness (QED) is 0.774. The van der Waals surface area contributed by atoms with Crippen molar-refractivity contribution in [3.05, 3.63) is 35.9 Å². The van der Waals surface area contributed by atoms with Crippen LogP contribution < -0.4 is 10.0 Å². The third kappa shape index (κ3) is 7.07. The fourth-order valence-corrected chi connectivity index (χ4v) is 3.59. The van der Waals surface area contributed by atoms with Crippen molar-refractivity contribution in [1.82, 2.24) is 10.0 Å². The summed E-state index contributed by atoms with van der Waals surface area (Å²) in [6, 6.07) is 10.4. The lowest BCUT2D eigenvalue weighted by Gasteiger charge is -2.28. The molecule has 1 unspecified atom stereocenters. The van der Waals surface area contributed by atoms with Crippen LogP contribution in [0.3, 0.4) is 0 Å². The SMILES string of the molecule is CC(C)C(CNCC(C)(C)NS(C)(=O)=O)c1ccccc1. The summed E-state index contributed by atoms with van der Waals surface area (Å²) in [7, 11) is -3.19. The molecule has 2 N–H and O–H groups in total. The van der Waals surface area contributed by atoms with Gasteiger partial charge in [-0.15, -0.1) is 0 Å². The van der Waals surface area contributed by atoms with E-state index in [1.807, 2.05) is 19.9 Å². The summed E-state index contributed by atoms with van der Waals surface area (Å²) < 4.78 is 25.3. The third-order valence-corrected chi connectivity index (χ3v) is 4.35. The van der Waals surface area contributed by atoms with Crippen molar-refractivity contribution in [2.75, 3.05) is 19.3 Å². The Kier molecular flexibility index (Phi) is 6.38. The highest BCUT2D eigenvalue weighted by molar-refractivity contribution is 7.88. The zero-order valence-electron chi connectivity index (χ0n) is 13.7. The normalized spacial score (nSPS) is 14.4. The Morgan fingerprint density at radius 3 is 2.19 bits per heavy atom. The number of hydrogen-bond donors (Lipinski definition) is 2. The van der Waals surface area contributed by atoms with Gasteiger partial charge in [-0.3, -0.25) is 0 Å². The summed E-state index contributed by atoms with van der Waals surface area (Å²) in [4.78, 5) is 0. The summed E-state index contributed by atoms with van der Waals surface area (Å²) in [6.45, 7) is 9.60. The Hall–Kier alpha value is -0.910. The molecule has 0 radical (unpaired) electrons. The monoisotopic (exact) mass is 312 g/mol. The van der Waals surface area contributed by atoms with Crippen LogP contribution >= 0.6 is 0 Å². The Bertz CT molecular complexity index is 524. The van der Waals surface area contributed by atoms with E-state index in [-0.39, 0.29) is 0 Å². The minimum absolute atomic E-state index is 0.417. The second kappa shape index (κ2) is 7.38. The Balaban J connectivity index is 2.60. The van der Waals surface area contributed by atoms with E-state index in [1.54, 1.807) is 0 Å². The van der Waals surface area contributed by atoms with Gasteiger partial charge in [-0.2, -0.15) is 0 Å². The third-order valence-electron chi connectivity index (χ3n) is 3.43. The minimum atomic E-state index is -3.19. The number of nitrogens with one attached hydrogen (secondary N) is 2. The van der Waals surface area contributed by atoms with Crippen molar-refractivity contribution < 1.29 is 8.42 Å². The zero-order chi connectivity index (χ0) is 16.1. The fourth-order valence-electron chi connectivity index (χ4n) is 2.52. The summed E-state index contributed by atoms with van der Waals surface area (Å²) in [5.41, 5.74) is 0.820. The maximum absolute atomic E-state index is 11.3. The molecular formula is C16H28N2O2S. The van der Waals surface area contributed by atoms with Crippen LogP contribution in [-0.2, 0) is 10.0 Å². The molecule has 0 aliphatic rings. The second-order valence-electron chi connectivity index (χ2n) is 6.65. The maximum atomic E-state index is 11.3. The van der Waals surface area contributed by atoms with Crippen LogP contribution in [0.2, 0.25) is 0 Å². The molecule has 120 valence electrons. The van der Waals surface area contributed by atoms with E-state index in [0.717, 1.165) is 6.54 Å². The van der Waals surface area contributed by atoms with Crippen molar-refractivity contribution in [1.29, 1.82) is 0 Å². The molecule has 0 aliphatic heterocycles. The predicted molar refractivity (Wildman–Crippen MR) is 88.9 cm³/mol. The van der Waals surface area contributed by atoms with Gasteiger partial charge < -0.3 is 5.32 Å². The molecule has 0 amide bonds. The zero-order valence-corrected chi connectivity index (χ0v) is 14.5. The number of sulfonamides is 1. The van der Waals surface area contributed by atoms with Crippen LogP contribution in [0.1, 0.15) is 39.2 Å². The lowest BCUT2D eigenvalue weighted by atomic mass is 9.88. The van der Waals surface area contributed by atoms with E-state index in [9.17, 15) is 8.42 Å².